The van der Waals surface area contributed by atoms with Gasteiger partial charge in [-0.2, -0.15) is 0 Å². The molecule has 0 aromatic heterocycles. The molecule has 0 bridgehead atoms. The molecule has 1 heterocycles. The Kier molecular flexibility index (Phi) is 12.0. The van der Waals surface area contributed by atoms with Gasteiger partial charge in [-0.05, 0) is 25.6 Å². The maximum atomic E-state index is 11.6. The standard InChI is InChI=1S/C22H31N3O3.CH2O/c1-18(8-6-4-5-7-13-23-3)19(2)20-9-11-21(22(12-10-20)25(26)27)24-14-16-28-17-15-24;1-2/h4-11,19,23H,12-17H2,1-3H3;1H2/b6-4-,7-5+,18-8+;. The molecule has 1 aliphatic heterocycles. The van der Waals surface area contributed by atoms with Crippen molar-refractivity contribution >= 4 is 6.79 Å². The van der Waals surface area contributed by atoms with Gasteiger partial charge in [0.15, 0.2) is 0 Å². The lowest BCUT2D eigenvalue weighted by molar-refractivity contribution is -0.428. The topological polar surface area (TPSA) is 84.7 Å². The van der Waals surface area contributed by atoms with E-state index in [1.54, 1.807) is 0 Å². The summed E-state index contributed by atoms with van der Waals surface area (Å²) in [4.78, 5) is 21.4. The molecule has 0 radical (unpaired) electrons. The minimum Gasteiger partial charge on any atom is -0.378 e. The van der Waals surface area contributed by atoms with Gasteiger partial charge in [-0.15, -0.1) is 0 Å². The molecular weight excluding hydrogens is 382 g/mol. The van der Waals surface area contributed by atoms with Gasteiger partial charge in [0.25, 0.3) is 5.70 Å². The lowest BCUT2D eigenvalue weighted by atomic mass is 9.92. The fourth-order valence-corrected chi connectivity index (χ4v) is 3.18. The molecule has 1 N–H and O–H groups in total. The molecule has 0 saturated carbocycles. The average Bonchev–Trinajstić information content (AvgIpc) is 3.01. The molecule has 1 unspecified atom stereocenters. The Morgan fingerprint density at radius 2 is 2.00 bits per heavy atom. The molecule has 1 saturated heterocycles. The Morgan fingerprint density at radius 3 is 2.63 bits per heavy atom. The molecule has 2 aliphatic rings. The SMILES string of the molecule is C=O.CNC/C=C/C=C\C=C(/C)C(C)C1=CCC([N+](=O)[O-])=C(N2CCOCC2)C=C1. The number of rotatable bonds is 8. The Morgan fingerprint density at radius 1 is 1.30 bits per heavy atom. The summed E-state index contributed by atoms with van der Waals surface area (Å²) in [6.45, 7) is 9.67. The predicted octanol–water partition coefficient (Wildman–Crippen LogP) is 3.42. The van der Waals surface area contributed by atoms with E-state index in [-0.39, 0.29) is 16.5 Å². The Bertz CT molecular complexity index is 742. The highest BCUT2D eigenvalue weighted by atomic mass is 16.6. The van der Waals surface area contributed by atoms with Gasteiger partial charge >= 0.3 is 0 Å². The van der Waals surface area contributed by atoms with Crippen molar-refractivity contribution in [2.45, 2.75) is 20.3 Å². The van der Waals surface area contributed by atoms with Crippen molar-refractivity contribution in [3.63, 3.8) is 0 Å². The fourth-order valence-electron chi connectivity index (χ4n) is 3.18. The van der Waals surface area contributed by atoms with Crippen LogP contribution in [0.4, 0.5) is 0 Å². The molecule has 0 amide bonds. The number of likely N-dealkylation sites (N-methyl/N-ethyl adjacent to an activating group) is 1. The normalized spacial score (nSPS) is 18.8. The lowest BCUT2D eigenvalue weighted by Crippen LogP contribution is -2.36. The van der Waals surface area contributed by atoms with Gasteiger partial charge in [0, 0.05) is 25.6 Å². The van der Waals surface area contributed by atoms with Gasteiger partial charge in [-0.1, -0.05) is 55.0 Å². The number of nitrogens with zero attached hydrogens (tertiary/aromatic N) is 2. The van der Waals surface area contributed by atoms with Crippen LogP contribution in [0.3, 0.4) is 0 Å². The zero-order chi connectivity index (χ0) is 22.4. The number of hydrogen-bond acceptors (Lipinski definition) is 6. The lowest BCUT2D eigenvalue weighted by Gasteiger charge is -2.29. The number of carbonyl (C=O) groups is 1. The van der Waals surface area contributed by atoms with Crippen molar-refractivity contribution in [1.29, 1.82) is 0 Å². The van der Waals surface area contributed by atoms with Gasteiger partial charge in [0.05, 0.1) is 24.6 Å². The first-order chi connectivity index (χ1) is 14.5. The van der Waals surface area contributed by atoms with E-state index in [1.165, 1.54) is 5.57 Å². The first-order valence-electron chi connectivity index (χ1n) is 10.1. The Balaban J connectivity index is 0.00000218. The molecule has 0 spiro atoms. The molecule has 1 fully saturated rings. The van der Waals surface area contributed by atoms with E-state index in [0.29, 0.717) is 38.4 Å². The van der Waals surface area contributed by atoms with Crippen LogP contribution in [-0.2, 0) is 9.53 Å². The summed E-state index contributed by atoms with van der Waals surface area (Å²) in [6, 6.07) is 0. The zero-order valence-electron chi connectivity index (χ0n) is 18.2. The molecule has 0 aromatic rings. The first kappa shape index (κ1) is 25.3. The molecule has 2 rings (SSSR count). The van der Waals surface area contributed by atoms with Crippen molar-refractivity contribution in [1.82, 2.24) is 10.2 Å². The summed E-state index contributed by atoms with van der Waals surface area (Å²) in [5.74, 6) is 0.194. The second kappa shape index (κ2) is 14.3. The minimum absolute atomic E-state index is 0.194. The molecule has 30 heavy (non-hydrogen) atoms. The van der Waals surface area contributed by atoms with Crippen molar-refractivity contribution in [2.24, 2.45) is 5.92 Å². The van der Waals surface area contributed by atoms with Crippen molar-refractivity contribution in [3.8, 4) is 0 Å². The predicted molar refractivity (Wildman–Crippen MR) is 121 cm³/mol. The van der Waals surface area contributed by atoms with E-state index in [2.05, 4.69) is 36.2 Å². The third-order valence-electron chi connectivity index (χ3n) is 5.06. The van der Waals surface area contributed by atoms with Crippen LogP contribution in [-0.4, -0.2) is 56.5 Å². The van der Waals surface area contributed by atoms with Crippen LogP contribution < -0.4 is 5.32 Å². The number of carbonyl (C=O) groups excluding carboxylic acids is 1. The molecule has 0 aromatic carbocycles. The number of hydrogen-bond donors (Lipinski definition) is 1. The summed E-state index contributed by atoms with van der Waals surface area (Å²) in [5, 5.41) is 14.7. The smallest absolute Gasteiger partial charge is 0.273 e. The van der Waals surface area contributed by atoms with Crippen LogP contribution in [0.2, 0.25) is 0 Å². The van der Waals surface area contributed by atoms with Gasteiger partial charge in [-0.3, -0.25) is 10.1 Å². The summed E-state index contributed by atoms with van der Waals surface area (Å²) in [7, 11) is 1.91. The highest BCUT2D eigenvalue weighted by Crippen LogP contribution is 2.28. The molecule has 1 atom stereocenters. The summed E-state index contributed by atoms with van der Waals surface area (Å²) in [6.07, 6.45) is 16.5. The molecule has 164 valence electrons. The van der Waals surface area contributed by atoms with Crippen molar-refractivity contribution in [3.05, 3.63) is 81.3 Å². The summed E-state index contributed by atoms with van der Waals surface area (Å²) < 4.78 is 5.38. The maximum Gasteiger partial charge on any atom is 0.273 e. The monoisotopic (exact) mass is 415 g/mol. The van der Waals surface area contributed by atoms with Crippen LogP contribution >= 0.6 is 0 Å². The highest BCUT2D eigenvalue weighted by molar-refractivity contribution is 5.38. The van der Waals surface area contributed by atoms with Crippen LogP contribution in [0.25, 0.3) is 0 Å². The molecule has 7 heteroatoms. The largest absolute Gasteiger partial charge is 0.378 e. The van der Waals surface area contributed by atoms with Crippen LogP contribution in [0.5, 0.6) is 0 Å². The van der Waals surface area contributed by atoms with Gasteiger partial charge < -0.3 is 19.7 Å². The summed E-state index contributed by atoms with van der Waals surface area (Å²) in [5.41, 5.74) is 3.29. The average molecular weight is 416 g/mol. The van der Waals surface area contributed by atoms with Crippen LogP contribution in [0, 0.1) is 16.0 Å². The van der Waals surface area contributed by atoms with E-state index >= 15 is 0 Å². The second-order valence-corrected chi connectivity index (χ2v) is 6.93. The van der Waals surface area contributed by atoms with E-state index in [9.17, 15) is 10.1 Å². The third-order valence-corrected chi connectivity index (χ3v) is 5.06. The molecule has 7 nitrogen and oxygen atoms in total. The van der Waals surface area contributed by atoms with Crippen LogP contribution in [0.1, 0.15) is 20.3 Å². The quantitative estimate of drug-likeness (QED) is 0.371. The van der Waals surface area contributed by atoms with Gasteiger partial charge in [0.2, 0.25) is 0 Å². The zero-order valence-corrected chi connectivity index (χ0v) is 18.2. The summed E-state index contributed by atoms with van der Waals surface area (Å²) >= 11 is 0. The molecule has 1 aliphatic carbocycles. The number of allylic oxidation sites excluding steroid dienone is 9. The highest BCUT2D eigenvalue weighted by Gasteiger charge is 2.25. The number of ether oxygens (including phenoxy) is 1. The van der Waals surface area contributed by atoms with Gasteiger partial charge in [0.1, 0.15) is 12.5 Å². The number of nitrogens with one attached hydrogen (secondary N) is 1. The van der Waals surface area contributed by atoms with E-state index in [4.69, 9.17) is 9.53 Å². The maximum absolute atomic E-state index is 11.6. The van der Waals surface area contributed by atoms with Gasteiger partial charge in [-0.25, -0.2) is 0 Å². The third kappa shape index (κ3) is 7.93. The van der Waals surface area contributed by atoms with Crippen molar-refractivity contribution < 1.29 is 14.5 Å². The minimum atomic E-state index is -0.248. The van der Waals surface area contributed by atoms with Crippen LogP contribution in [0.15, 0.2) is 71.1 Å². The number of morpholine rings is 1. The fraction of sp³-hybridized carbons (Fsp3) is 0.435. The number of nitro groups is 1. The Labute approximate surface area is 179 Å². The molecular formula is C23H33N3O4. The van der Waals surface area contributed by atoms with E-state index in [1.807, 2.05) is 50.3 Å². The second-order valence-electron chi connectivity index (χ2n) is 6.93. The first-order valence-corrected chi connectivity index (χ1v) is 10.1. The van der Waals surface area contributed by atoms with Crippen molar-refractivity contribution in [2.75, 3.05) is 39.9 Å². The Hall–Kier alpha value is -2.77. The van der Waals surface area contributed by atoms with E-state index in [0.717, 1.165) is 12.1 Å². The van der Waals surface area contributed by atoms with E-state index < -0.39 is 0 Å².